The first kappa shape index (κ1) is 16.7. The Morgan fingerprint density at radius 1 is 1.29 bits per heavy atom. The van der Waals surface area contributed by atoms with Crippen LogP contribution in [0.3, 0.4) is 0 Å². The van der Waals surface area contributed by atoms with Gasteiger partial charge in [-0.2, -0.15) is 5.26 Å². The van der Waals surface area contributed by atoms with Gasteiger partial charge >= 0.3 is 0 Å². The molecule has 3 rings (SSSR count). The van der Waals surface area contributed by atoms with Crippen molar-refractivity contribution in [1.82, 2.24) is 9.55 Å². The van der Waals surface area contributed by atoms with Gasteiger partial charge in [0, 0.05) is 17.1 Å². The molecule has 0 aliphatic carbocycles. The maximum atomic E-state index is 9.66. The molecule has 0 aliphatic rings. The van der Waals surface area contributed by atoms with Crippen LogP contribution in [0.15, 0.2) is 45.3 Å². The van der Waals surface area contributed by atoms with E-state index in [2.05, 4.69) is 42.9 Å². The highest BCUT2D eigenvalue weighted by Gasteiger charge is 2.14. The molecule has 0 saturated heterocycles. The maximum absolute atomic E-state index is 9.66. The number of rotatable bonds is 3. The average Bonchev–Trinajstić information content (AvgIpc) is 2.89. The van der Waals surface area contributed by atoms with Gasteiger partial charge in [0.05, 0.1) is 28.2 Å². The second-order valence-corrected chi connectivity index (χ2v) is 6.93. The molecule has 6 heteroatoms. The first-order valence-corrected chi connectivity index (χ1v) is 8.70. The molecular formula is C18H13Br2N3O. The fourth-order valence-corrected chi connectivity index (χ4v) is 4.01. The van der Waals surface area contributed by atoms with Crippen LogP contribution in [0.1, 0.15) is 11.4 Å². The maximum Gasteiger partial charge on any atom is 0.151 e. The van der Waals surface area contributed by atoms with Gasteiger partial charge < -0.3 is 9.30 Å². The van der Waals surface area contributed by atoms with Crippen molar-refractivity contribution in [3.63, 3.8) is 0 Å². The molecule has 0 bridgehead atoms. The summed E-state index contributed by atoms with van der Waals surface area (Å²) in [5, 5.41) is 9.66. The smallest absolute Gasteiger partial charge is 0.151 e. The fraction of sp³-hybridized carbons (Fsp3) is 0.111. The summed E-state index contributed by atoms with van der Waals surface area (Å²) < 4.78 is 9.08. The molecule has 0 fully saturated rings. The number of aryl methyl sites for hydroxylation is 1. The minimum absolute atomic E-state index is 0.469. The molecule has 0 atom stereocenters. The molecule has 120 valence electrons. The van der Waals surface area contributed by atoms with Gasteiger partial charge in [0.1, 0.15) is 11.8 Å². The van der Waals surface area contributed by atoms with Gasteiger partial charge in [0.15, 0.2) is 5.82 Å². The monoisotopic (exact) mass is 445 g/mol. The lowest BCUT2D eigenvalue weighted by Gasteiger charge is -2.09. The summed E-state index contributed by atoms with van der Waals surface area (Å²) in [6.07, 6.45) is 1.79. The molecule has 2 aromatic carbocycles. The van der Waals surface area contributed by atoms with Crippen molar-refractivity contribution in [3.8, 4) is 11.8 Å². The Bertz CT molecular complexity index is 999. The number of aromatic nitrogens is 2. The molecule has 0 spiro atoms. The first-order valence-electron chi connectivity index (χ1n) is 7.11. The average molecular weight is 447 g/mol. The Labute approximate surface area is 156 Å². The van der Waals surface area contributed by atoms with Gasteiger partial charge in [-0.1, -0.05) is 28.1 Å². The van der Waals surface area contributed by atoms with Crippen molar-refractivity contribution in [3.05, 3.63) is 56.7 Å². The molecule has 4 nitrogen and oxygen atoms in total. The molecular weight excluding hydrogens is 434 g/mol. The van der Waals surface area contributed by atoms with E-state index >= 15 is 0 Å². The Morgan fingerprint density at radius 3 is 2.71 bits per heavy atom. The number of ether oxygens (including phenoxy) is 1. The molecule has 24 heavy (non-hydrogen) atoms. The number of hydrogen-bond donors (Lipinski definition) is 0. The number of nitriles is 1. The van der Waals surface area contributed by atoms with Gasteiger partial charge in [-0.15, -0.1) is 0 Å². The van der Waals surface area contributed by atoms with E-state index in [4.69, 9.17) is 4.74 Å². The van der Waals surface area contributed by atoms with Gasteiger partial charge in [-0.3, -0.25) is 0 Å². The van der Waals surface area contributed by atoms with E-state index in [1.54, 1.807) is 13.2 Å². The number of para-hydroxylation sites is 2. The Balaban J connectivity index is 2.21. The second-order valence-electron chi connectivity index (χ2n) is 5.16. The summed E-state index contributed by atoms with van der Waals surface area (Å²) in [4.78, 5) is 4.59. The minimum atomic E-state index is 0.469. The van der Waals surface area contributed by atoms with E-state index in [0.29, 0.717) is 17.1 Å². The number of methoxy groups -OCH3 is 1. The molecule has 1 aromatic heterocycles. The third kappa shape index (κ3) is 2.97. The quantitative estimate of drug-likeness (QED) is 0.521. The molecule has 0 saturated carbocycles. The highest BCUT2D eigenvalue weighted by atomic mass is 79.9. The lowest BCUT2D eigenvalue weighted by atomic mass is 10.1. The normalized spacial score (nSPS) is 11.5. The molecule has 0 N–H and O–H groups in total. The van der Waals surface area contributed by atoms with Crippen LogP contribution in [0.4, 0.5) is 0 Å². The number of hydrogen-bond acceptors (Lipinski definition) is 3. The zero-order valence-electron chi connectivity index (χ0n) is 13.0. The molecule has 3 aromatic rings. The summed E-state index contributed by atoms with van der Waals surface area (Å²) in [6, 6.07) is 13.9. The van der Waals surface area contributed by atoms with Crippen molar-refractivity contribution in [2.45, 2.75) is 0 Å². The standard InChI is InChI=1S/C18H13Br2N3O/c1-23-16-6-4-3-5-15(16)22-18(23)12(10-21)7-11-8-13(19)9-14(20)17(11)24-2/h3-9H,1-2H3/b12-7+. The van der Waals surface area contributed by atoms with E-state index in [1.807, 2.05) is 48.0 Å². The van der Waals surface area contributed by atoms with Crippen molar-refractivity contribution < 1.29 is 4.74 Å². The van der Waals surface area contributed by atoms with E-state index in [9.17, 15) is 5.26 Å². The molecule has 0 aliphatic heterocycles. The van der Waals surface area contributed by atoms with Crippen LogP contribution in [0, 0.1) is 11.3 Å². The third-order valence-corrected chi connectivity index (χ3v) is 4.74. The number of halogens is 2. The summed E-state index contributed by atoms with van der Waals surface area (Å²) in [5.74, 6) is 1.29. The predicted octanol–water partition coefficient (Wildman–Crippen LogP) is 5.17. The minimum Gasteiger partial charge on any atom is -0.495 e. The zero-order valence-corrected chi connectivity index (χ0v) is 16.2. The molecule has 0 radical (unpaired) electrons. The lowest BCUT2D eigenvalue weighted by molar-refractivity contribution is 0.411. The van der Waals surface area contributed by atoms with Crippen LogP contribution in [-0.4, -0.2) is 16.7 Å². The second kappa shape index (κ2) is 6.80. The summed E-state index contributed by atoms with van der Waals surface area (Å²) in [7, 11) is 3.51. The molecule has 0 amide bonds. The van der Waals surface area contributed by atoms with Gasteiger partial charge in [-0.05, 0) is 46.3 Å². The number of imidazole rings is 1. The van der Waals surface area contributed by atoms with Crippen LogP contribution in [0.2, 0.25) is 0 Å². The lowest BCUT2D eigenvalue weighted by Crippen LogP contribution is -1.97. The van der Waals surface area contributed by atoms with Crippen LogP contribution in [-0.2, 0) is 7.05 Å². The number of fused-ring (bicyclic) bond motifs is 1. The van der Waals surface area contributed by atoms with E-state index < -0.39 is 0 Å². The van der Waals surface area contributed by atoms with Crippen molar-refractivity contribution >= 4 is 54.5 Å². The van der Waals surface area contributed by atoms with Crippen molar-refractivity contribution in [2.24, 2.45) is 7.05 Å². The van der Waals surface area contributed by atoms with Crippen LogP contribution in [0.5, 0.6) is 5.75 Å². The van der Waals surface area contributed by atoms with E-state index in [1.165, 1.54) is 0 Å². The van der Waals surface area contributed by atoms with Crippen LogP contribution < -0.4 is 4.74 Å². The molecule has 1 heterocycles. The Hall–Kier alpha value is -2.10. The van der Waals surface area contributed by atoms with Gasteiger partial charge in [-0.25, -0.2) is 4.98 Å². The van der Waals surface area contributed by atoms with Gasteiger partial charge in [0.25, 0.3) is 0 Å². The number of benzene rings is 2. The Morgan fingerprint density at radius 2 is 2.04 bits per heavy atom. The third-order valence-electron chi connectivity index (χ3n) is 3.69. The predicted molar refractivity (Wildman–Crippen MR) is 103 cm³/mol. The highest BCUT2D eigenvalue weighted by Crippen LogP contribution is 2.35. The fourth-order valence-electron chi connectivity index (χ4n) is 2.59. The van der Waals surface area contributed by atoms with E-state index in [0.717, 1.165) is 25.5 Å². The summed E-state index contributed by atoms with van der Waals surface area (Å²) in [5.41, 5.74) is 3.11. The molecule has 0 unspecified atom stereocenters. The first-order chi connectivity index (χ1) is 11.5. The van der Waals surface area contributed by atoms with Crippen LogP contribution in [0.25, 0.3) is 22.7 Å². The van der Waals surface area contributed by atoms with Gasteiger partial charge in [0.2, 0.25) is 0 Å². The van der Waals surface area contributed by atoms with Crippen LogP contribution >= 0.6 is 31.9 Å². The highest BCUT2D eigenvalue weighted by molar-refractivity contribution is 9.11. The van der Waals surface area contributed by atoms with Crippen molar-refractivity contribution in [2.75, 3.05) is 7.11 Å². The summed E-state index contributed by atoms with van der Waals surface area (Å²) >= 11 is 6.95. The van der Waals surface area contributed by atoms with E-state index in [-0.39, 0.29) is 0 Å². The SMILES string of the molecule is COc1c(Br)cc(Br)cc1/C=C(\C#N)c1nc2ccccc2n1C. The Kier molecular flexibility index (Phi) is 4.74. The van der Waals surface area contributed by atoms with Crippen molar-refractivity contribution in [1.29, 1.82) is 5.26 Å². The number of allylic oxidation sites excluding steroid dienone is 1. The summed E-state index contributed by atoms with van der Waals surface area (Å²) in [6.45, 7) is 0. The zero-order chi connectivity index (χ0) is 17.3. The topological polar surface area (TPSA) is 50.8 Å². The largest absolute Gasteiger partial charge is 0.495 e. The number of nitrogens with zero attached hydrogens (tertiary/aromatic N) is 3.